The predicted octanol–water partition coefficient (Wildman–Crippen LogP) is 4.95. The summed E-state index contributed by atoms with van der Waals surface area (Å²) in [4.78, 5) is 0. The molecule has 0 aromatic heterocycles. The summed E-state index contributed by atoms with van der Waals surface area (Å²) < 4.78 is 6.46. The standard InChI is InChI=1S/C19H32O2Si/c1-19(2,3)22(4,5)21-14-16-12-9-13-17(20)18(16)15-10-7-6-8-11-15/h6-8,10-11,16-18,20H,9,12-14H2,1-5H3/t16-,17-,18+/m0/s1. The predicted molar refractivity (Wildman–Crippen MR) is 95.7 cm³/mol. The molecule has 0 radical (unpaired) electrons. The molecule has 2 rings (SSSR count). The molecule has 1 aromatic carbocycles. The van der Waals surface area contributed by atoms with E-state index in [1.165, 1.54) is 5.56 Å². The van der Waals surface area contributed by atoms with Gasteiger partial charge in [0.15, 0.2) is 8.32 Å². The third kappa shape index (κ3) is 4.00. The maximum Gasteiger partial charge on any atom is 0.191 e. The van der Waals surface area contributed by atoms with Gasteiger partial charge in [0.05, 0.1) is 6.10 Å². The van der Waals surface area contributed by atoms with E-state index in [0.29, 0.717) is 5.92 Å². The Morgan fingerprint density at radius 2 is 1.77 bits per heavy atom. The van der Waals surface area contributed by atoms with Crippen molar-refractivity contribution in [1.82, 2.24) is 0 Å². The summed E-state index contributed by atoms with van der Waals surface area (Å²) >= 11 is 0. The number of benzene rings is 1. The van der Waals surface area contributed by atoms with Crippen LogP contribution in [0.1, 0.15) is 51.5 Å². The highest BCUT2D eigenvalue weighted by Crippen LogP contribution is 2.41. The Hall–Kier alpha value is -0.643. The molecular formula is C19H32O2Si. The molecule has 0 heterocycles. The molecular weight excluding hydrogens is 288 g/mol. The number of rotatable bonds is 4. The molecule has 1 aliphatic carbocycles. The van der Waals surface area contributed by atoms with Crippen molar-refractivity contribution >= 4 is 8.32 Å². The van der Waals surface area contributed by atoms with Crippen molar-refractivity contribution in [3.05, 3.63) is 35.9 Å². The van der Waals surface area contributed by atoms with Gasteiger partial charge in [-0.25, -0.2) is 0 Å². The summed E-state index contributed by atoms with van der Waals surface area (Å²) in [5, 5.41) is 10.8. The van der Waals surface area contributed by atoms with Crippen molar-refractivity contribution in [2.75, 3.05) is 6.61 Å². The Morgan fingerprint density at radius 1 is 1.14 bits per heavy atom. The van der Waals surface area contributed by atoms with Gasteiger partial charge in [0.1, 0.15) is 0 Å². The summed E-state index contributed by atoms with van der Waals surface area (Å²) in [6, 6.07) is 10.5. The van der Waals surface area contributed by atoms with Crippen LogP contribution in [0.25, 0.3) is 0 Å². The Labute approximate surface area is 137 Å². The van der Waals surface area contributed by atoms with Gasteiger partial charge in [-0.05, 0) is 42.5 Å². The molecule has 0 spiro atoms. The highest BCUT2D eigenvalue weighted by Gasteiger charge is 2.40. The fraction of sp³-hybridized carbons (Fsp3) is 0.684. The van der Waals surface area contributed by atoms with Crippen molar-refractivity contribution in [2.45, 2.75) is 70.2 Å². The average molecular weight is 321 g/mol. The van der Waals surface area contributed by atoms with Crippen molar-refractivity contribution in [3.63, 3.8) is 0 Å². The van der Waals surface area contributed by atoms with Gasteiger partial charge in [-0.1, -0.05) is 57.5 Å². The zero-order valence-corrected chi connectivity index (χ0v) is 15.8. The molecule has 1 fully saturated rings. The number of aliphatic hydroxyl groups excluding tert-OH is 1. The van der Waals surface area contributed by atoms with Crippen LogP contribution in [-0.4, -0.2) is 26.1 Å². The van der Waals surface area contributed by atoms with E-state index in [4.69, 9.17) is 4.43 Å². The van der Waals surface area contributed by atoms with E-state index >= 15 is 0 Å². The Bertz CT molecular complexity index is 464. The van der Waals surface area contributed by atoms with Gasteiger partial charge in [0, 0.05) is 12.5 Å². The molecule has 0 saturated heterocycles. The highest BCUT2D eigenvalue weighted by molar-refractivity contribution is 6.74. The lowest BCUT2D eigenvalue weighted by molar-refractivity contribution is 0.0515. The van der Waals surface area contributed by atoms with E-state index < -0.39 is 8.32 Å². The molecule has 0 amide bonds. The largest absolute Gasteiger partial charge is 0.417 e. The number of aliphatic hydroxyl groups is 1. The van der Waals surface area contributed by atoms with E-state index in [2.05, 4.69) is 58.1 Å². The number of hydrogen-bond acceptors (Lipinski definition) is 2. The van der Waals surface area contributed by atoms with Gasteiger partial charge in [-0.15, -0.1) is 0 Å². The van der Waals surface area contributed by atoms with Crippen LogP contribution >= 0.6 is 0 Å². The normalized spacial score (nSPS) is 26.9. The Kier molecular flexibility index (Phi) is 5.52. The molecule has 22 heavy (non-hydrogen) atoms. The van der Waals surface area contributed by atoms with Gasteiger partial charge in [0.25, 0.3) is 0 Å². The minimum absolute atomic E-state index is 0.222. The second-order valence-electron chi connectivity index (χ2n) is 8.27. The molecule has 3 heteroatoms. The zero-order chi connectivity index (χ0) is 16.4. The maximum atomic E-state index is 10.5. The van der Waals surface area contributed by atoms with Crippen molar-refractivity contribution < 1.29 is 9.53 Å². The SMILES string of the molecule is CC(C)(C)[Si](C)(C)OC[C@@H]1CCC[C@H](O)[C@@H]1c1ccccc1. The van der Waals surface area contributed by atoms with Crippen LogP contribution < -0.4 is 0 Å². The fourth-order valence-corrected chi connectivity index (χ4v) is 4.21. The third-order valence-corrected chi connectivity index (χ3v) is 10.1. The first-order valence-electron chi connectivity index (χ1n) is 8.59. The molecule has 3 atom stereocenters. The molecule has 0 bridgehead atoms. The quantitative estimate of drug-likeness (QED) is 0.795. The van der Waals surface area contributed by atoms with E-state index in [0.717, 1.165) is 25.9 Å². The minimum Gasteiger partial charge on any atom is -0.417 e. The molecule has 1 aromatic rings. The van der Waals surface area contributed by atoms with Crippen LogP contribution in [0, 0.1) is 5.92 Å². The zero-order valence-electron chi connectivity index (χ0n) is 14.8. The number of hydrogen-bond donors (Lipinski definition) is 1. The van der Waals surface area contributed by atoms with E-state index in [1.54, 1.807) is 0 Å². The molecule has 1 N–H and O–H groups in total. The van der Waals surface area contributed by atoms with Gasteiger partial charge < -0.3 is 9.53 Å². The lowest BCUT2D eigenvalue weighted by atomic mass is 9.74. The second-order valence-corrected chi connectivity index (χ2v) is 13.1. The van der Waals surface area contributed by atoms with E-state index in [-0.39, 0.29) is 17.1 Å². The highest BCUT2D eigenvalue weighted by atomic mass is 28.4. The van der Waals surface area contributed by atoms with Gasteiger partial charge in [0.2, 0.25) is 0 Å². The summed E-state index contributed by atoms with van der Waals surface area (Å²) in [7, 11) is -1.72. The lowest BCUT2D eigenvalue weighted by Gasteiger charge is -2.41. The van der Waals surface area contributed by atoms with E-state index in [1.807, 2.05) is 6.07 Å². The average Bonchev–Trinajstić information content (AvgIpc) is 2.45. The summed E-state index contributed by atoms with van der Waals surface area (Å²) in [5.74, 6) is 0.653. The van der Waals surface area contributed by atoms with Gasteiger partial charge in [-0.3, -0.25) is 0 Å². The van der Waals surface area contributed by atoms with Crippen LogP contribution in [-0.2, 0) is 4.43 Å². The van der Waals surface area contributed by atoms with Crippen molar-refractivity contribution in [1.29, 1.82) is 0 Å². The molecule has 2 nitrogen and oxygen atoms in total. The van der Waals surface area contributed by atoms with Crippen molar-refractivity contribution in [3.8, 4) is 0 Å². The maximum absolute atomic E-state index is 10.5. The minimum atomic E-state index is -1.72. The lowest BCUT2D eigenvalue weighted by Crippen LogP contribution is -2.43. The Balaban J connectivity index is 2.11. The van der Waals surface area contributed by atoms with Crippen LogP contribution in [0.4, 0.5) is 0 Å². The summed E-state index contributed by atoms with van der Waals surface area (Å²) in [6.07, 6.45) is 2.95. The molecule has 0 unspecified atom stereocenters. The van der Waals surface area contributed by atoms with Gasteiger partial charge in [-0.2, -0.15) is 0 Å². The van der Waals surface area contributed by atoms with Gasteiger partial charge >= 0.3 is 0 Å². The fourth-order valence-electron chi connectivity index (χ4n) is 3.15. The third-order valence-electron chi connectivity index (χ3n) is 5.65. The van der Waals surface area contributed by atoms with Crippen LogP contribution in [0.2, 0.25) is 18.1 Å². The molecule has 1 aliphatic rings. The first-order valence-corrected chi connectivity index (χ1v) is 11.5. The van der Waals surface area contributed by atoms with Crippen LogP contribution in [0.15, 0.2) is 30.3 Å². The summed E-state index contributed by atoms with van der Waals surface area (Å²) in [5.41, 5.74) is 1.26. The first kappa shape index (κ1) is 17.7. The monoisotopic (exact) mass is 320 g/mol. The first-order chi connectivity index (χ1) is 10.2. The topological polar surface area (TPSA) is 29.5 Å². The van der Waals surface area contributed by atoms with Crippen LogP contribution in [0.3, 0.4) is 0 Å². The molecule has 1 saturated carbocycles. The molecule has 124 valence electrons. The summed E-state index contributed by atoms with van der Waals surface area (Å²) in [6.45, 7) is 12.2. The molecule has 0 aliphatic heterocycles. The van der Waals surface area contributed by atoms with Crippen LogP contribution in [0.5, 0.6) is 0 Å². The van der Waals surface area contributed by atoms with Crippen molar-refractivity contribution in [2.24, 2.45) is 5.92 Å². The van der Waals surface area contributed by atoms with E-state index in [9.17, 15) is 5.11 Å². The Morgan fingerprint density at radius 3 is 2.36 bits per heavy atom. The smallest absolute Gasteiger partial charge is 0.191 e. The second kappa shape index (κ2) is 6.86.